The summed E-state index contributed by atoms with van der Waals surface area (Å²) in [5.41, 5.74) is 12.2. The van der Waals surface area contributed by atoms with Gasteiger partial charge in [0.05, 0.1) is 34.3 Å². The fourth-order valence-corrected chi connectivity index (χ4v) is 12.3. The van der Waals surface area contributed by atoms with Crippen molar-refractivity contribution in [3.63, 3.8) is 0 Å². The van der Waals surface area contributed by atoms with Crippen LogP contribution in [-0.2, 0) is 0 Å². The minimum atomic E-state index is 0.392. The molecule has 0 bridgehead atoms. The standard InChI is InChI=1S/C72H52N18/c1-38-74-39(2)79-68(78-38)48-26-30-58-53(34-48)54-35-49(69-80-40(3)75-41(4)81-69)27-31-59(54)89(58)62-24-16-22-52(72-87-66(46-18-12-10-13-19-46)86-67(88-72)47-20-14-11-15-21-47)64(62)65-57(73-9)23-17-25-63(65)90-60-32-28-50(70-82-42(5)76-43(6)83-70)36-55(60)56-37-51(29-33-61(56)90)71-84-44(7)77-45(8)85-71/h10-37H,1-8H3. The van der Waals surface area contributed by atoms with E-state index in [4.69, 9.17) is 54.8 Å². The van der Waals surface area contributed by atoms with Gasteiger partial charge in [-0.15, -0.1) is 0 Å². The summed E-state index contributed by atoms with van der Waals surface area (Å²) in [5.74, 6) is 8.55. The normalized spacial score (nSPS) is 11.5. The molecule has 0 fully saturated rings. The van der Waals surface area contributed by atoms with Gasteiger partial charge in [0.25, 0.3) is 0 Å². The van der Waals surface area contributed by atoms with E-state index in [9.17, 15) is 6.57 Å². The molecular formula is C72H52N18. The van der Waals surface area contributed by atoms with Crippen molar-refractivity contribution in [2.45, 2.75) is 55.4 Å². The number of aryl methyl sites for hydroxylation is 8. The van der Waals surface area contributed by atoms with Crippen molar-refractivity contribution in [1.82, 2.24) is 83.9 Å². The highest BCUT2D eigenvalue weighted by Gasteiger charge is 2.28. The first-order valence-corrected chi connectivity index (χ1v) is 29.3. The largest absolute Gasteiger partial charge is 0.310 e. The Balaban J connectivity index is 1.07. The van der Waals surface area contributed by atoms with Crippen LogP contribution in [0.15, 0.2) is 170 Å². The topological polar surface area (TPSA) is 208 Å². The molecule has 0 atom stereocenters. The number of fused-ring (bicyclic) bond motifs is 6. The van der Waals surface area contributed by atoms with Crippen molar-refractivity contribution in [2.75, 3.05) is 0 Å². The second-order valence-corrected chi connectivity index (χ2v) is 22.1. The van der Waals surface area contributed by atoms with E-state index in [0.717, 1.165) is 88.4 Å². The zero-order chi connectivity index (χ0) is 61.5. The first kappa shape index (κ1) is 54.5. The molecule has 0 amide bonds. The molecule has 0 aliphatic rings. The molecule has 18 nitrogen and oxygen atoms in total. The molecule has 0 aliphatic carbocycles. The van der Waals surface area contributed by atoms with Crippen LogP contribution in [0.3, 0.4) is 0 Å². The maximum atomic E-state index is 9.24. The van der Waals surface area contributed by atoms with Crippen LogP contribution in [0.4, 0.5) is 5.69 Å². The van der Waals surface area contributed by atoms with E-state index >= 15 is 0 Å². The van der Waals surface area contributed by atoms with E-state index in [-0.39, 0.29) is 0 Å². The predicted molar refractivity (Wildman–Crippen MR) is 350 cm³/mol. The van der Waals surface area contributed by atoms with Gasteiger partial charge in [-0.3, -0.25) is 0 Å². The lowest BCUT2D eigenvalue weighted by molar-refractivity contribution is 0.928. The maximum Gasteiger partial charge on any atom is 0.197 e. The van der Waals surface area contributed by atoms with Crippen LogP contribution in [0.2, 0.25) is 0 Å². The van der Waals surface area contributed by atoms with Crippen molar-refractivity contribution in [3.8, 4) is 102 Å². The molecule has 430 valence electrons. The fourth-order valence-electron chi connectivity index (χ4n) is 12.3. The summed E-state index contributed by atoms with van der Waals surface area (Å²) in [6.07, 6.45) is 0. The van der Waals surface area contributed by atoms with E-state index in [0.29, 0.717) is 110 Å². The summed E-state index contributed by atoms with van der Waals surface area (Å²) in [5, 5.41) is 3.65. The lowest BCUT2D eigenvalue weighted by Gasteiger charge is -2.22. The predicted octanol–water partition coefficient (Wildman–Crippen LogP) is 15.2. The van der Waals surface area contributed by atoms with Crippen molar-refractivity contribution >= 4 is 49.3 Å². The molecule has 8 aromatic carbocycles. The summed E-state index contributed by atoms with van der Waals surface area (Å²) in [6.45, 7) is 24.2. The highest BCUT2D eigenvalue weighted by molar-refractivity contribution is 6.15. The number of benzene rings is 8. The fraction of sp³-hybridized carbons (Fsp3) is 0.111. The van der Waals surface area contributed by atoms with Crippen molar-refractivity contribution in [2.24, 2.45) is 0 Å². The Morgan fingerprint density at radius 2 is 0.567 bits per heavy atom. The zero-order valence-electron chi connectivity index (χ0n) is 50.2. The molecule has 0 saturated heterocycles. The quantitative estimate of drug-likeness (QED) is 0.117. The smallest absolute Gasteiger partial charge is 0.197 e. The monoisotopic (exact) mass is 1170 g/mol. The van der Waals surface area contributed by atoms with Gasteiger partial charge in [-0.05, 0) is 140 Å². The van der Waals surface area contributed by atoms with Gasteiger partial charge in [0.15, 0.2) is 46.5 Å². The molecule has 7 aromatic heterocycles. The van der Waals surface area contributed by atoms with Crippen LogP contribution in [0.1, 0.15) is 46.6 Å². The molecule has 0 N–H and O–H groups in total. The van der Waals surface area contributed by atoms with Gasteiger partial charge in [0, 0.05) is 77.3 Å². The van der Waals surface area contributed by atoms with Crippen molar-refractivity contribution in [1.29, 1.82) is 0 Å². The van der Waals surface area contributed by atoms with E-state index in [1.807, 2.05) is 152 Å². The molecule has 15 aromatic rings. The number of hydrogen-bond acceptors (Lipinski definition) is 15. The van der Waals surface area contributed by atoms with Gasteiger partial charge < -0.3 is 9.13 Å². The third-order valence-corrected chi connectivity index (χ3v) is 15.9. The van der Waals surface area contributed by atoms with Gasteiger partial charge in [-0.25, -0.2) is 79.6 Å². The first-order chi connectivity index (χ1) is 43.8. The number of hydrogen-bond donors (Lipinski definition) is 0. The minimum absolute atomic E-state index is 0.392. The Hall–Kier alpha value is -12.1. The highest BCUT2D eigenvalue weighted by atomic mass is 15.1. The summed E-state index contributed by atoms with van der Waals surface area (Å²) < 4.78 is 4.52. The molecule has 0 unspecified atom stereocenters. The van der Waals surface area contributed by atoms with Gasteiger partial charge >= 0.3 is 0 Å². The van der Waals surface area contributed by atoms with Crippen LogP contribution in [-0.4, -0.2) is 83.9 Å². The average Bonchev–Trinajstić information content (AvgIpc) is 1.49. The summed E-state index contributed by atoms with van der Waals surface area (Å²) in [7, 11) is 0. The molecule has 90 heavy (non-hydrogen) atoms. The van der Waals surface area contributed by atoms with E-state index < -0.39 is 0 Å². The third kappa shape index (κ3) is 9.66. The first-order valence-electron chi connectivity index (χ1n) is 29.3. The third-order valence-electron chi connectivity index (χ3n) is 15.9. The molecule has 0 saturated carbocycles. The molecular weight excluding hydrogens is 1120 g/mol. The van der Waals surface area contributed by atoms with Gasteiger partial charge in [-0.1, -0.05) is 84.9 Å². The van der Waals surface area contributed by atoms with Crippen LogP contribution >= 0.6 is 0 Å². The van der Waals surface area contributed by atoms with Gasteiger partial charge in [-0.2, -0.15) is 0 Å². The van der Waals surface area contributed by atoms with Crippen molar-refractivity contribution < 1.29 is 0 Å². The maximum absolute atomic E-state index is 9.24. The SMILES string of the molecule is [C-]#[N+]c1cccc(-n2c3ccc(-c4nc(C)nc(C)n4)cc3c3cc(-c4nc(C)nc(C)n4)ccc32)c1-c1c(-c2nc(-c3ccccc3)nc(-c3ccccc3)n2)cccc1-n1c2ccc(-c3nc(C)nc(C)n3)cc2c2cc(-c3nc(C)nc(C)n3)ccc21. The number of aromatic nitrogens is 17. The highest BCUT2D eigenvalue weighted by Crippen LogP contribution is 2.49. The molecule has 15 rings (SSSR count). The Bertz CT molecular complexity index is 5140. The molecule has 7 heterocycles. The van der Waals surface area contributed by atoms with Crippen LogP contribution < -0.4 is 0 Å². The molecule has 18 heteroatoms. The summed E-state index contributed by atoms with van der Waals surface area (Å²) >= 11 is 0. The molecule has 0 radical (unpaired) electrons. The summed E-state index contributed by atoms with van der Waals surface area (Å²) in [6, 6.07) is 57.2. The second kappa shape index (κ2) is 21.7. The number of nitrogens with zero attached hydrogens (tertiary/aromatic N) is 18. The van der Waals surface area contributed by atoms with E-state index in [1.165, 1.54) is 0 Å². The number of rotatable bonds is 10. The van der Waals surface area contributed by atoms with Gasteiger partial charge in [0.1, 0.15) is 46.6 Å². The van der Waals surface area contributed by atoms with Crippen molar-refractivity contribution in [3.05, 3.63) is 228 Å². The summed E-state index contributed by atoms with van der Waals surface area (Å²) in [4.78, 5) is 77.0. The van der Waals surface area contributed by atoms with Gasteiger partial charge in [0.2, 0.25) is 0 Å². The Kier molecular flexibility index (Phi) is 13.1. The molecule has 0 aliphatic heterocycles. The second-order valence-electron chi connectivity index (χ2n) is 22.1. The lowest BCUT2D eigenvalue weighted by atomic mass is 9.93. The van der Waals surface area contributed by atoms with E-state index in [2.05, 4.69) is 107 Å². The van der Waals surface area contributed by atoms with Crippen LogP contribution in [0.5, 0.6) is 0 Å². The van der Waals surface area contributed by atoms with Crippen LogP contribution in [0.25, 0.3) is 151 Å². The molecule has 0 spiro atoms. The average molecular weight is 1170 g/mol. The Labute approximate surface area is 516 Å². The zero-order valence-corrected chi connectivity index (χ0v) is 50.2. The Morgan fingerprint density at radius 1 is 0.267 bits per heavy atom. The minimum Gasteiger partial charge on any atom is -0.310 e. The lowest BCUT2D eigenvalue weighted by Crippen LogP contribution is -2.06. The Morgan fingerprint density at radius 3 is 0.900 bits per heavy atom. The van der Waals surface area contributed by atoms with E-state index in [1.54, 1.807) is 0 Å². The van der Waals surface area contributed by atoms with Crippen LogP contribution in [0, 0.1) is 62.0 Å².